The lowest BCUT2D eigenvalue weighted by Gasteiger charge is -2.10. The molecule has 5 nitrogen and oxygen atoms in total. The number of aryl methyl sites for hydroxylation is 1. The first-order valence-electron chi connectivity index (χ1n) is 7.78. The zero-order valence-electron chi connectivity index (χ0n) is 13.8. The molecule has 0 aliphatic rings. The highest BCUT2D eigenvalue weighted by molar-refractivity contribution is 5.97. The second-order valence-corrected chi connectivity index (χ2v) is 5.49. The van der Waals surface area contributed by atoms with Crippen molar-refractivity contribution in [2.24, 2.45) is 0 Å². The first-order valence-corrected chi connectivity index (χ1v) is 7.78. The summed E-state index contributed by atoms with van der Waals surface area (Å²) in [5, 5.41) is 5.32. The number of benzene rings is 1. The van der Waals surface area contributed by atoms with Gasteiger partial charge in [-0.05, 0) is 32.4 Å². The molecule has 2 N–H and O–H groups in total. The molecule has 0 aliphatic heterocycles. The Balaban J connectivity index is 2.10. The van der Waals surface area contributed by atoms with Crippen molar-refractivity contribution in [2.45, 2.75) is 27.3 Å². The minimum Gasteiger partial charge on any atom is -0.355 e. The molecule has 5 heteroatoms. The molecule has 0 unspecified atom stereocenters. The summed E-state index contributed by atoms with van der Waals surface area (Å²) >= 11 is 0. The number of hydrogen-bond acceptors (Lipinski definition) is 2. The SMILES string of the molecule is CCNC(=O)CNC(=O)c1cc(C)n(Cc2ccccc2)c1C. The predicted octanol–water partition coefficient (Wildman–Crippen LogP) is 2.02. The summed E-state index contributed by atoms with van der Waals surface area (Å²) in [6.07, 6.45) is 0. The third-order valence-corrected chi connectivity index (χ3v) is 3.79. The molecule has 0 saturated carbocycles. The van der Waals surface area contributed by atoms with Gasteiger partial charge in [-0.3, -0.25) is 9.59 Å². The summed E-state index contributed by atoms with van der Waals surface area (Å²) < 4.78 is 2.11. The van der Waals surface area contributed by atoms with Crippen molar-refractivity contribution in [3.05, 3.63) is 58.9 Å². The van der Waals surface area contributed by atoms with E-state index in [1.807, 2.05) is 45.0 Å². The number of rotatable bonds is 6. The van der Waals surface area contributed by atoms with Crippen LogP contribution in [0, 0.1) is 13.8 Å². The van der Waals surface area contributed by atoms with Crippen LogP contribution in [0.25, 0.3) is 0 Å². The highest BCUT2D eigenvalue weighted by Gasteiger charge is 2.16. The quantitative estimate of drug-likeness (QED) is 0.857. The molecule has 0 spiro atoms. The number of hydrogen-bond donors (Lipinski definition) is 2. The molecule has 2 aromatic rings. The van der Waals surface area contributed by atoms with Crippen molar-refractivity contribution in [1.29, 1.82) is 0 Å². The molecule has 0 saturated heterocycles. The second kappa shape index (κ2) is 7.63. The van der Waals surface area contributed by atoms with Crippen LogP contribution in [0.2, 0.25) is 0 Å². The zero-order chi connectivity index (χ0) is 16.8. The van der Waals surface area contributed by atoms with Gasteiger partial charge >= 0.3 is 0 Å². The highest BCUT2D eigenvalue weighted by Crippen LogP contribution is 2.17. The molecule has 1 aromatic carbocycles. The topological polar surface area (TPSA) is 63.1 Å². The van der Waals surface area contributed by atoms with Crippen molar-refractivity contribution in [3.8, 4) is 0 Å². The first-order chi connectivity index (χ1) is 11.0. The van der Waals surface area contributed by atoms with Crippen LogP contribution >= 0.6 is 0 Å². The monoisotopic (exact) mass is 313 g/mol. The third kappa shape index (κ3) is 4.22. The fraction of sp³-hybridized carbons (Fsp3) is 0.333. The van der Waals surface area contributed by atoms with E-state index in [1.165, 1.54) is 5.56 Å². The molecule has 2 amide bonds. The van der Waals surface area contributed by atoms with Crippen LogP contribution in [0.3, 0.4) is 0 Å². The number of carbonyl (C=O) groups excluding carboxylic acids is 2. The molecule has 0 aliphatic carbocycles. The molecular formula is C18H23N3O2. The van der Waals surface area contributed by atoms with E-state index in [0.717, 1.165) is 17.9 Å². The minimum absolute atomic E-state index is 0.00493. The molecule has 0 radical (unpaired) electrons. The van der Waals surface area contributed by atoms with E-state index in [0.29, 0.717) is 12.1 Å². The van der Waals surface area contributed by atoms with Crippen LogP contribution < -0.4 is 10.6 Å². The van der Waals surface area contributed by atoms with Gasteiger partial charge in [0.25, 0.3) is 5.91 Å². The number of nitrogens with zero attached hydrogens (tertiary/aromatic N) is 1. The Hall–Kier alpha value is -2.56. The molecule has 1 heterocycles. The van der Waals surface area contributed by atoms with E-state index in [-0.39, 0.29) is 18.4 Å². The Morgan fingerprint density at radius 2 is 1.78 bits per heavy atom. The summed E-state index contributed by atoms with van der Waals surface area (Å²) in [7, 11) is 0. The summed E-state index contributed by atoms with van der Waals surface area (Å²) in [5.74, 6) is -0.400. The van der Waals surface area contributed by atoms with Crippen LogP contribution in [0.1, 0.15) is 34.2 Å². The Morgan fingerprint density at radius 1 is 1.09 bits per heavy atom. The highest BCUT2D eigenvalue weighted by atomic mass is 16.2. The number of likely N-dealkylation sites (N-methyl/N-ethyl adjacent to an activating group) is 1. The van der Waals surface area contributed by atoms with Crippen LogP contribution in [0.4, 0.5) is 0 Å². The summed E-state index contributed by atoms with van der Waals surface area (Å²) in [5.41, 5.74) is 3.72. The number of aromatic nitrogens is 1. The van der Waals surface area contributed by atoms with Crippen molar-refractivity contribution in [1.82, 2.24) is 15.2 Å². The number of nitrogens with one attached hydrogen (secondary N) is 2. The maximum absolute atomic E-state index is 12.3. The molecule has 0 atom stereocenters. The molecule has 0 fully saturated rings. The van der Waals surface area contributed by atoms with E-state index < -0.39 is 0 Å². The van der Waals surface area contributed by atoms with Crippen LogP contribution in [-0.2, 0) is 11.3 Å². The van der Waals surface area contributed by atoms with Gasteiger partial charge in [-0.2, -0.15) is 0 Å². The zero-order valence-corrected chi connectivity index (χ0v) is 13.8. The number of amides is 2. The van der Waals surface area contributed by atoms with Gasteiger partial charge in [-0.1, -0.05) is 30.3 Å². The van der Waals surface area contributed by atoms with Gasteiger partial charge in [0.2, 0.25) is 5.91 Å². The van der Waals surface area contributed by atoms with Crippen molar-refractivity contribution in [2.75, 3.05) is 13.1 Å². The minimum atomic E-state index is -0.219. The van der Waals surface area contributed by atoms with Gasteiger partial charge in [0, 0.05) is 24.5 Å². The fourth-order valence-corrected chi connectivity index (χ4v) is 2.56. The summed E-state index contributed by atoms with van der Waals surface area (Å²) in [6, 6.07) is 12.0. The fourth-order valence-electron chi connectivity index (χ4n) is 2.56. The molecule has 23 heavy (non-hydrogen) atoms. The molecule has 122 valence electrons. The smallest absolute Gasteiger partial charge is 0.253 e. The lowest BCUT2D eigenvalue weighted by Crippen LogP contribution is -2.36. The molecule has 0 bridgehead atoms. The normalized spacial score (nSPS) is 10.4. The van der Waals surface area contributed by atoms with Gasteiger partial charge in [-0.25, -0.2) is 0 Å². The Morgan fingerprint density at radius 3 is 2.43 bits per heavy atom. The van der Waals surface area contributed by atoms with Crippen LogP contribution in [0.15, 0.2) is 36.4 Å². The average molecular weight is 313 g/mol. The van der Waals surface area contributed by atoms with Gasteiger partial charge in [0.05, 0.1) is 12.1 Å². The largest absolute Gasteiger partial charge is 0.355 e. The van der Waals surface area contributed by atoms with Gasteiger partial charge in [-0.15, -0.1) is 0 Å². The third-order valence-electron chi connectivity index (χ3n) is 3.79. The van der Waals surface area contributed by atoms with Crippen molar-refractivity contribution in [3.63, 3.8) is 0 Å². The maximum Gasteiger partial charge on any atom is 0.253 e. The molecule has 1 aromatic heterocycles. The lowest BCUT2D eigenvalue weighted by molar-refractivity contribution is -0.120. The van der Waals surface area contributed by atoms with E-state index in [2.05, 4.69) is 27.3 Å². The lowest BCUT2D eigenvalue weighted by atomic mass is 10.2. The second-order valence-electron chi connectivity index (χ2n) is 5.49. The first kappa shape index (κ1) is 16.8. The Labute approximate surface area is 136 Å². The summed E-state index contributed by atoms with van der Waals surface area (Å²) in [6.45, 7) is 7.03. The average Bonchev–Trinajstić information content (AvgIpc) is 2.82. The van der Waals surface area contributed by atoms with E-state index in [4.69, 9.17) is 0 Å². The molecule has 2 rings (SSSR count). The van der Waals surface area contributed by atoms with Gasteiger partial charge in [0.15, 0.2) is 0 Å². The van der Waals surface area contributed by atoms with Crippen LogP contribution in [0.5, 0.6) is 0 Å². The maximum atomic E-state index is 12.3. The Kier molecular flexibility index (Phi) is 5.57. The van der Waals surface area contributed by atoms with Crippen molar-refractivity contribution >= 4 is 11.8 Å². The van der Waals surface area contributed by atoms with E-state index in [9.17, 15) is 9.59 Å². The number of carbonyl (C=O) groups is 2. The predicted molar refractivity (Wildman–Crippen MR) is 90.5 cm³/mol. The van der Waals surface area contributed by atoms with Crippen molar-refractivity contribution < 1.29 is 9.59 Å². The van der Waals surface area contributed by atoms with E-state index in [1.54, 1.807) is 0 Å². The van der Waals surface area contributed by atoms with Gasteiger partial charge < -0.3 is 15.2 Å². The molecular weight excluding hydrogens is 290 g/mol. The standard InChI is InChI=1S/C18H23N3O2/c1-4-19-17(22)11-20-18(23)16-10-13(2)21(14(16)3)12-15-8-6-5-7-9-15/h5-10H,4,11-12H2,1-3H3,(H,19,22)(H,20,23). The van der Waals surface area contributed by atoms with Crippen LogP contribution in [-0.4, -0.2) is 29.5 Å². The summed E-state index contributed by atoms with van der Waals surface area (Å²) in [4.78, 5) is 23.7. The van der Waals surface area contributed by atoms with E-state index >= 15 is 0 Å². The van der Waals surface area contributed by atoms with Gasteiger partial charge in [0.1, 0.15) is 0 Å². The Bertz CT molecular complexity index is 690.